The van der Waals surface area contributed by atoms with E-state index in [1.165, 1.54) is 10.4 Å². The SMILES string of the molecule is CCC(C)N(CC(=O)N(Cc1ccccc1)Cc1sccc1C)C(=O)C(C)(C)CCl. The molecule has 0 saturated heterocycles. The molecule has 6 heteroatoms. The van der Waals surface area contributed by atoms with Crippen LogP contribution >= 0.6 is 22.9 Å². The number of halogens is 1. The second-order valence-electron chi connectivity index (χ2n) is 8.47. The minimum atomic E-state index is -0.708. The van der Waals surface area contributed by atoms with Crippen LogP contribution in [0.5, 0.6) is 0 Å². The largest absolute Gasteiger partial charge is 0.332 e. The molecule has 0 aliphatic heterocycles. The highest BCUT2D eigenvalue weighted by molar-refractivity contribution is 7.10. The molecule has 0 N–H and O–H groups in total. The van der Waals surface area contributed by atoms with Crippen molar-refractivity contribution in [2.45, 2.75) is 60.2 Å². The summed E-state index contributed by atoms with van der Waals surface area (Å²) in [5.41, 5.74) is 1.55. The summed E-state index contributed by atoms with van der Waals surface area (Å²) in [4.78, 5) is 31.3. The fraction of sp³-hybridized carbons (Fsp3) is 0.500. The Hall–Kier alpha value is -1.85. The molecule has 1 atom stereocenters. The average Bonchev–Trinajstić information content (AvgIpc) is 3.15. The molecule has 1 unspecified atom stereocenters. The third-order valence-electron chi connectivity index (χ3n) is 5.47. The molecule has 164 valence electrons. The molecule has 1 aromatic heterocycles. The predicted molar refractivity (Wildman–Crippen MR) is 126 cm³/mol. The normalized spacial score (nSPS) is 12.5. The van der Waals surface area contributed by atoms with Crippen LogP contribution in [0, 0.1) is 12.3 Å². The zero-order valence-corrected chi connectivity index (χ0v) is 20.2. The summed E-state index contributed by atoms with van der Waals surface area (Å²) in [6.07, 6.45) is 0.778. The molecule has 0 aliphatic rings. The summed E-state index contributed by atoms with van der Waals surface area (Å²) in [5, 5.41) is 2.05. The standard InChI is InChI=1S/C24H33ClN2O2S/c1-6-19(3)27(23(29)24(4,5)17-25)16-22(28)26(14-20-10-8-7-9-11-20)15-21-18(2)12-13-30-21/h7-13,19H,6,14-17H2,1-5H3. The Balaban J connectivity index is 2.27. The van der Waals surface area contributed by atoms with Crippen molar-refractivity contribution in [3.63, 3.8) is 0 Å². The number of aryl methyl sites for hydroxylation is 1. The van der Waals surface area contributed by atoms with E-state index in [1.807, 2.05) is 68.3 Å². The van der Waals surface area contributed by atoms with Crippen LogP contribution in [0.25, 0.3) is 0 Å². The van der Waals surface area contributed by atoms with Crippen molar-refractivity contribution in [1.82, 2.24) is 9.80 Å². The Kier molecular flexibility index (Phi) is 8.92. The maximum absolute atomic E-state index is 13.4. The molecule has 1 heterocycles. The lowest BCUT2D eigenvalue weighted by atomic mass is 9.93. The molecule has 0 fully saturated rings. The van der Waals surface area contributed by atoms with E-state index in [0.717, 1.165) is 12.0 Å². The number of hydrogen-bond acceptors (Lipinski definition) is 3. The first-order valence-corrected chi connectivity index (χ1v) is 11.8. The smallest absolute Gasteiger partial charge is 0.242 e. The topological polar surface area (TPSA) is 40.6 Å². The number of alkyl halides is 1. The van der Waals surface area contributed by atoms with Crippen LogP contribution in [0.2, 0.25) is 0 Å². The first kappa shape index (κ1) is 24.4. The molecule has 0 saturated carbocycles. The van der Waals surface area contributed by atoms with Crippen molar-refractivity contribution < 1.29 is 9.59 Å². The van der Waals surface area contributed by atoms with Gasteiger partial charge in [-0.05, 0) is 56.7 Å². The van der Waals surface area contributed by atoms with Crippen LogP contribution < -0.4 is 0 Å². The fourth-order valence-electron chi connectivity index (χ4n) is 3.12. The van der Waals surface area contributed by atoms with Crippen LogP contribution in [-0.2, 0) is 22.7 Å². The van der Waals surface area contributed by atoms with Gasteiger partial charge in [-0.1, -0.05) is 37.3 Å². The van der Waals surface area contributed by atoms with E-state index in [2.05, 4.69) is 13.0 Å². The van der Waals surface area contributed by atoms with Crippen molar-refractivity contribution in [3.05, 3.63) is 57.8 Å². The molecule has 1 aromatic carbocycles. The highest BCUT2D eigenvalue weighted by Crippen LogP contribution is 2.24. The fourth-order valence-corrected chi connectivity index (χ4v) is 4.15. The van der Waals surface area contributed by atoms with Crippen molar-refractivity contribution in [2.24, 2.45) is 5.41 Å². The van der Waals surface area contributed by atoms with Gasteiger partial charge < -0.3 is 9.80 Å². The van der Waals surface area contributed by atoms with E-state index >= 15 is 0 Å². The molecule has 30 heavy (non-hydrogen) atoms. The van der Waals surface area contributed by atoms with Gasteiger partial charge in [-0.15, -0.1) is 22.9 Å². The number of rotatable bonds is 10. The van der Waals surface area contributed by atoms with E-state index in [1.54, 1.807) is 16.2 Å². The van der Waals surface area contributed by atoms with Crippen molar-refractivity contribution in [1.29, 1.82) is 0 Å². The molecule has 2 aromatic rings. The van der Waals surface area contributed by atoms with E-state index < -0.39 is 5.41 Å². The first-order chi connectivity index (χ1) is 14.2. The summed E-state index contributed by atoms with van der Waals surface area (Å²) < 4.78 is 0. The highest BCUT2D eigenvalue weighted by Gasteiger charge is 2.35. The zero-order valence-electron chi connectivity index (χ0n) is 18.7. The van der Waals surface area contributed by atoms with Crippen LogP contribution in [0.4, 0.5) is 0 Å². The monoisotopic (exact) mass is 448 g/mol. The van der Waals surface area contributed by atoms with Gasteiger partial charge in [-0.2, -0.15) is 0 Å². The van der Waals surface area contributed by atoms with E-state index in [0.29, 0.717) is 13.1 Å². The lowest BCUT2D eigenvalue weighted by Gasteiger charge is -2.36. The summed E-state index contributed by atoms with van der Waals surface area (Å²) in [6.45, 7) is 10.9. The highest BCUT2D eigenvalue weighted by atomic mass is 35.5. The van der Waals surface area contributed by atoms with Gasteiger partial charge in [-0.3, -0.25) is 9.59 Å². The molecule has 2 rings (SSSR count). The second kappa shape index (κ2) is 11.0. The Bertz CT molecular complexity index is 835. The third kappa shape index (κ3) is 6.32. The first-order valence-electron chi connectivity index (χ1n) is 10.4. The molecule has 0 radical (unpaired) electrons. The average molecular weight is 449 g/mol. The minimum Gasteiger partial charge on any atom is -0.332 e. The summed E-state index contributed by atoms with van der Waals surface area (Å²) in [6, 6.07) is 12.0. The predicted octanol–water partition coefficient (Wildman–Crippen LogP) is 5.48. The quantitative estimate of drug-likeness (QED) is 0.451. The van der Waals surface area contributed by atoms with Crippen LogP contribution in [-0.4, -0.2) is 40.1 Å². The van der Waals surface area contributed by atoms with Crippen molar-refractivity contribution in [2.75, 3.05) is 12.4 Å². The van der Waals surface area contributed by atoms with Gasteiger partial charge in [0.1, 0.15) is 6.54 Å². The summed E-state index contributed by atoms with van der Waals surface area (Å²) in [7, 11) is 0. The van der Waals surface area contributed by atoms with Crippen LogP contribution in [0.3, 0.4) is 0 Å². The summed E-state index contributed by atoms with van der Waals surface area (Å²) >= 11 is 7.72. The number of amides is 2. The molecular formula is C24H33ClN2O2S. The number of nitrogens with zero attached hydrogens (tertiary/aromatic N) is 2. The van der Waals surface area contributed by atoms with Crippen LogP contribution in [0.15, 0.2) is 41.8 Å². The molecule has 2 amide bonds. The van der Waals surface area contributed by atoms with Crippen LogP contribution in [0.1, 0.15) is 50.1 Å². The van der Waals surface area contributed by atoms with Crippen molar-refractivity contribution in [3.8, 4) is 0 Å². The lowest BCUT2D eigenvalue weighted by Crippen LogP contribution is -2.51. The van der Waals surface area contributed by atoms with Gasteiger partial charge in [0, 0.05) is 23.3 Å². The number of carbonyl (C=O) groups excluding carboxylic acids is 2. The molecule has 0 bridgehead atoms. The molecular weight excluding hydrogens is 416 g/mol. The Morgan fingerprint density at radius 3 is 2.33 bits per heavy atom. The zero-order chi connectivity index (χ0) is 22.3. The van der Waals surface area contributed by atoms with Gasteiger partial charge >= 0.3 is 0 Å². The molecule has 4 nitrogen and oxygen atoms in total. The lowest BCUT2D eigenvalue weighted by molar-refractivity contribution is -0.148. The Morgan fingerprint density at radius 1 is 1.13 bits per heavy atom. The van der Waals surface area contributed by atoms with E-state index in [-0.39, 0.29) is 30.3 Å². The maximum atomic E-state index is 13.4. The third-order valence-corrected chi connectivity index (χ3v) is 7.15. The molecule has 0 aliphatic carbocycles. The number of hydrogen-bond donors (Lipinski definition) is 0. The molecule has 0 spiro atoms. The minimum absolute atomic E-state index is 0.0361. The van der Waals surface area contributed by atoms with E-state index in [9.17, 15) is 9.59 Å². The summed E-state index contributed by atoms with van der Waals surface area (Å²) in [5.74, 6) is 0.0903. The van der Waals surface area contributed by atoms with Gasteiger partial charge in [0.05, 0.1) is 12.0 Å². The Morgan fingerprint density at radius 2 is 1.80 bits per heavy atom. The van der Waals surface area contributed by atoms with Gasteiger partial charge in [0.2, 0.25) is 11.8 Å². The maximum Gasteiger partial charge on any atom is 0.242 e. The van der Waals surface area contributed by atoms with Gasteiger partial charge in [-0.25, -0.2) is 0 Å². The van der Waals surface area contributed by atoms with Gasteiger partial charge in [0.25, 0.3) is 0 Å². The second-order valence-corrected chi connectivity index (χ2v) is 9.74. The number of benzene rings is 1. The van der Waals surface area contributed by atoms with Gasteiger partial charge in [0.15, 0.2) is 0 Å². The van der Waals surface area contributed by atoms with E-state index in [4.69, 9.17) is 11.6 Å². The number of thiophene rings is 1. The number of carbonyl (C=O) groups is 2. The van der Waals surface area contributed by atoms with Crippen molar-refractivity contribution >= 4 is 34.8 Å². The Labute approximate surface area is 189 Å².